The molecule has 3 amide bonds. The number of nitrogens with one attached hydrogen (secondary N) is 2. The summed E-state index contributed by atoms with van der Waals surface area (Å²) in [7, 11) is 0. The number of anilines is 1. The molecule has 1 fully saturated rings. The highest BCUT2D eigenvalue weighted by Gasteiger charge is 2.25. The molecule has 2 N–H and O–H groups in total. The van der Waals surface area contributed by atoms with E-state index in [-0.39, 0.29) is 11.9 Å². The summed E-state index contributed by atoms with van der Waals surface area (Å²) in [5.74, 6) is -0.0996. The van der Waals surface area contributed by atoms with Crippen molar-refractivity contribution in [2.75, 3.05) is 31.5 Å². The number of hydrogen-bond donors (Lipinski definition) is 2. The number of benzene rings is 1. The second-order valence-electron chi connectivity index (χ2n) is 5.51. The number of H-pyrrole nitrogens is 1. The molecule has 1 saturated heterocycles. The van der Waals surface area contributed by atoms with E-state index >= 15 is 0 Å². The van der Waals surface area contributed by atoms with E-state index in [1.807, 2.05) is 37.3 Å². The number of carbonyl (C=O) groups excluding carboxylic acids is 2. The van der Waals surface area contributed by atoms with Crippen molar-refractivity contribution >= 4 is 17.6 Å². The fraction of sp³-hybridized carbons (Fsp3) is 0.312. The van der Waals surface area contributed by atoms with E-state index in [0.29, 0.717) is 31.9 Å². The van der Waals surface area contributed by atoms with Gasteiger partial charge >= 0.3 is 6.03 Å². The third-order valence-electron chi connectivity index (χ3n) is 3.80. The number of amides is 3. The molecule has 7 heteroatoms. The lowest BCUT2D eigenvalue weighted by Crippen LogP contribution is -2.51. The molecule has 1 aromatic carbocycles. The summed E-state index contributed by atoms with van der Waals surface area (Å²) < 4.78 is 0. The second-order valence-corrected chi connectivity index (χ2v) is 5.51. The number of nitrogens with zero attached hydrogens (tertiary/aromatic N) is 3. The minimum atomic E-state index is -0.140. The lowest BCUT2D eigenvalue weighted by atomic mass is 10.2. The molecule has 23 heavy (non-hydrogen) atoms. The number of urea groups is 1. The smallest absolute Gasteiger partial charge is 0.321 e. The van der Waals surface area contributed by atoms with Crippen LogP contribution in [0.1, 0.15) is 16.2 Å². The van der Waals surface area contributed by atoms with E-state index in [0.717, 1.165) is 11.4 Å². The van der Waals surface area contributed by atoms with E-state index < -0.39 is 0 Å². The van der Waals surface area contributed by atoms with Crippen LogP contribution in [0.25, 0.3) is 0 Å². The lowest BCUT2D eigenvalue weighted by molar-refractivity contribution is 0.0666. The highest BCUT2D eigenvalue weighted by molar-refractivity contribution is 5.93. The second kappa shape index (κ2) is 6.51. The Morgan fingerprint density at radius 2 is 1.74 bits per heavy atom. The van der Waals surface area contributed by atoms with Gasteiger partial charge in [0.2, 0.25) is 0 Å². The maximum atomic E-state index is 12.3. The van der Waals surface area contributed by atoms with Gasteiger partial charge in [-0.2, -0.15) is 5.10 Å². The van der Waals surface area contributed by atoms with Gasteiger partial charge in [0.05, 0.1) is 0 Å². The molecule has 1 aromatic heterocycles. The third-order valence-corrected chi connectivity index (χ3v) is 3.80. The van der Waals surface area contributed by atoms with Gasteiger partial charge in [-0.1, -0.05) is 18.2 Å². The molecule has 7 nitrogen and oxygen atoms in total. The number of aryl methyl sites for hydroxylation is 1. The van der Waals surface area contributed by atoms with Crippen molar-refractivity contribution in [3.63, 3.8) is 0 Å². The topological polar surface area (TPSA) is 81.3 Å². The Morgan fingerprint density at radius 3 is 2.35 bits per heavy atom. The summed E-state index contributed by atoms with van der Waals surface area (Å²) in [6.07, 6.45) is 0. The molecule has 120 valence electrons. The first-order chi connectivity index (χ1) is 11.1. The van der Waals surface area contributed by atoms with Gasteiger partial charge in [0.15, 0.2) is 0 Å². The zero-order valence-electron chi connectivity index (χ0n) is 13.0. The van der Waals surface area contributed by atoms with Crippen molar-refractivity contribution < 1.29 is 9.59 Å². The lowest BCUT2D eigenvalue weighted by Gasteiger charge is -2.34. The molecular weight excluding hydrogens is 294 g/mol. The molecule has 3 rings (SSSR count). The average molecular weight is 313 g/mol. The van der Waals surface area contributed by atoms with Gasteiger partial charge in [-0.25, -0.2) is 4.79 Å². The first-order valence-electron chi connectivity index (χ1n) is 7.56. The van der Waals surface area contributed by atoms with E-state index in [1.54, 1.807) is 15.9 Å². The van der Waals surface area contributed by atoms with Crippen molar-refractivity contribution in [1.82, 2.24) is 20.0 Å². The molecule has 1 aliphatic rings. The molecule has 2 aromatic rings. The fourth-order valence-electron chi connectivity index (χ4n) is 2.53. The fourth-order valence-corrected chi connectivity index (χ4v) is 2.53. The van der Waals surface area contributed by atoms with Gasteiger partial charge in [0, 0.05) is 37.6 Å². The Hall–Kier alpha value is -2.83. The Morgan fingerprint density at radius 1 is 1.09 bits per heavy atom. The standard InChI is InChI=1S/C16H19N5O2/c1-12-11-14(19-18-12)15(22)20-7-9-21(10-8-20)16(23)17-13-5-3-2-4-6-13/h2-6,11H,7-10H2,1H3,(H,17,23)(H,18,19). The molecule has 0 atom stereocenters. The number of aromatic nitrogens is 2. The van der Waals surface area contributed by atoms with E-state index in [4.69, 9.17) is 0 Å². The summed E-state index contributed by atoms with van der Waals surface area (Å²) >= 11 is 0. The highest BCUT2D eigenvalue weighted by atomic mass is 16.2. The van der Waals surface area contributed by atoms with Crippen LogP contribution in [0.2, 0.25) is 0 Å². The van der Waals surface area contributed by atoms with Crippen LogP contribution in [0.15, 0.2) is 36.4 Å². The van der Waals surface area contributed by atoms with Crippen LogP contribution in [-0.2, 0) is 0 Å². The van der Waals surface area contributed by atoms with Crippen LogP contribution in [-0.4, -0.2) is 58.1 Å². The van der Waals surface area contributed by atoms with Gasteiger partial charge < -0.3 is 15.1 Å². The molecule has 0 radical (unpaired) electrons. The molecule has 0 saturated carbocycles. The molecular formula is C16H19N5O2. The van der Waals surface area contributed by atoms with Crippen molar-refractivity contribution in [3.8, 4) is 0 Å². The zero-order valence-corrected chi connectivity index (χ0v) is 13.0. The number of para-hydroxylation sites is 1. The summed E-state index contributed by atoms with van der Waals surface area (Å²) in [6.45, 7) is 3.89. The number of rotatable bonds is 2. The first-order valence-corrected chi connectivity index (χ1v) is 7.56. The molecule has 1 aliphatic heterocycles. The van der Waals surface area contributed by atoms with E-state index in [9.17, 15) is 9.59 Å². The molecule has 0 aliphatic carbocycles. The minimum absolute atomic E-state index is 0.0996. The normalized spacial score (nSPS) is 14.7. The monoisotopic (exact) mass is 313 g/mol. The Balaban J connectivity index is 1.54. The van der Waals surface area contributed by atoms with E-state index in [1.165, 1.54) is 0 Å². The number of carbonyl (C=O) groups is 2. The summed E-state index contributed by atoms with van der Waals surface area (Å²) in [4.78, 5) is 28.0. The molecule has 2 heterocycles. The summed E-state index contributed by atoms with van der Waals surface area (Å²) in [5, 5.41) is 9.62. The number of hydrogen-bond acceptors (Lipinski definition) is 3. The van der Waals surface area contributed by atoms with Crippen LogP contribution >= 0.6 is 0 Å². The predicted octanol–water partition coefficient (Wildman–Crippen LogP) is 1.71. The predicted molar refractivity (Wildman–Crippen MR) is 86.3 cm³/mol. The average Bonchev–Trinajstić information content (AvgIpc) is 3.02. The maximum absolute atomic E-state index is 12.3. The molecule has 0 unspecified atom stereocenters. The van der Waals surface area contributed by atoms with Gasteiger partial charge in [-0.3, -0.25) is 9.89 Å². The van der Waals surface area contributed by atoms with Crippen molar-refractivity contribution in [2.24, 2.45) is 0 Å². The summed E-state index contributed by atoms with van der Waals surface area (Å²) in [5.41, 5.74) is 2.04. The van der Waals surface area contributed by atoms with Crippen LogP contribution in [0.5, 0.6) is 0 Å². The molecule has 0 bridgehead atoms. The summed E-state index contributed by atoms with van der Waals surface area (Å²) in [6, 6.07) is 10.9. The van der Waals surface area contributed by atoms with Crippen LogP contribution in [0, 0.1) is 6.92 Å². The van der Waals surface area contributed by atoms with Crippen molar-refractivity contribution in [3.05, 3.63) is 47.8 Å². The molecule has 0 spiro atoms. The van der Waals surface area contributed by atoms with Gasteiger partial charge in [0.25, 0.3) is 5.91 Å². The minimum Gasteiger partial charge on any atom is -0.334 e. The number of aromatic amines is 1. The SMILES string of the molecule is Cc1cc(C(=O)N2CCN(C(=O)Nc3ccccc3)CC2)n[nH]1. The van der Waals surface area contributed by atoms with Crippen LogP contribution < -0.4 is 5.32 Å². The largest absolute Gasteiger partial charge is 0.334 e. The number of piperazine rings is 1. The van der Waals surface area contributed by atoms with Crippen molar-refractivity contribution in [2.45, 2.75) is 6.92 Å². The van der Waals surface area contributed by atoms with Crippen LogP contribution in [0.4, 0.5) is 10.5 Å². The first kappa shape index (κ1) is 15.1. The quantitative estimate of drug-likeness (QED) is 0.885. The zero-order chi connectivity index (χ0) is 16.2. The maximum Gasteiger partial charge on any atom is 0.321 e. The van der Waals surface area contributed by atoms with E-state index in [2.05, 4.69) is 15.5 Å². The Kier molecular flexibility index (Phi) is 4.27. The van der Waals surface area contributed by atoms with Crippen LogP contribution in [0.3, 0.4) is 0 Å². The van der Waals surface area contributed by atoms with Crippen molar-refractivity contribution in [1.29, 1.82) is 0 Å². The Bertz CT molecular complexity index is 690. The Labute approximate surface area is 134 Å². The van der Waals surface area contributed by atoms with Gasteiger partial charge in [-0.05, 0) is 25.1 Å². The van der Waals surface area contributed by atoms with Gasteiger partial charge in [0.1, 0.15) is 5.69 Å². The highest BCUT2D eigenvalue weighted by Crippen LogP contribution is 2.11. The third kappa shape index (κ3) is 3.50. The van der Waals surface area contributed by atoms with Gasteiger partial charge in [-0.15, -0.1) is 0 Å².